The van der Waals surface area contributed by atoms with Gasteiger partial charge in [-0.15, -0.1) is 0 Å². The van der Waals surface area contributed by atoms with Crippen LogP contribution < -0.4 is 14.8 Å². The minimum absolute atomic E-state index is 0.00634. The minimum Gasteiger partial charge on any atom is -0.488 e. The predicted molar refractivity (Wildman–Crippen MR) is 147 cm³/mol. The summed E-state index contributed by atoms with van der Waals surface area (Å²) in [5.74, 6) is -0.620. The minimum atomic E-state index is -1.98. The van der Waals surface area contributed by atoms with Crippen molar-refractivity contribution in [3.8, 4) is 17.4 Å². The van der Waals surface area contributed by atoms with E-state index < -0.39 is 20.2 Å². The van der Waals surface area contributed by atoms with E-state index >= 15 is 0 Å². The Morgan fingerprint density at radius 1 is 1.16 bits per heavy atom. The van der Waals surface area contributed by atoms with Crippen LogP contribution in [-0.4, -0.2) is 52.8 Å². The lowest BCUT2D eigenvalue weighted by molar-refractivity contribution is 0.0696. The molecule has 10 nitrogen and oxygen atoms in total. The molecule has 3 rings (SSSR count). The molecule has 0 aliphatic heterocycles. The Kier molecular flexibility index (Phi) is 8.85. The first-order valence-electron chi connectivity index (χ1n) is 12.0. The highest BCUT2D eigenvalue weighted by Crippen LogP contribution is 2.37. The van der Waals surface area contributed by atoms with Crippen LogP contribution in [0.5, 0.6) is 17.4 Å². The van der Waals surface area contributed by atoms with Crippen LogP contribution in [-0.2, 0) is 11.5 Å². The third-order valence-corrected chi connectivity index (χ3v) is 11.0. The molecule has 0 spiro atoms. The molecule has 0 radical (unpaired) electrons. The zero-order valence-corrected chi connectivity index (χ0v) is 24.3. The number of nitrogens with zero attached hydrogens (tertiary/aromatic N) is 3. The third-order valence-electron chi connectivity index (χ3n) is 6.19. The van der Waals surface area contributed by atoms with E-state index in [0.717, 1.165) is 6.20 Å². The number of hydrogen-bond acceptors (Lipinski definition) is 7. The molecule has 0 bridgehead atoms. The largest absolute Gasteiger partial charge is 0.488 e. The molecule has 204 valence electrons. The number of aryl methyl sites for hydroxylation is 1. The molecular formula is C26H33ClN4O6Si. The van der Waals surface area contributed by atoms with Crippen molar-refractivity contribution in [3.05, 3.63) is 58.9 Å². The molecule has 1 amide bonds. The van der Waals surface area contributed by atoms with Gasteiger partial charge in [0.1, 0.15) is 22.6 Å². The maximum Gasteiger partial charge on any atom is 0.337 e. The number of pyridine rings is 1. The Hall–Kier alpha value is -3.41. The third kappa shape index (κ3) is 7.56. The van der Waals surface area contributed by atoms with Gasteiger partial charge in [-0.1, -0.05) is 32.4 Å². The maximum atomic E-state index is 13.0. The van der Waals surface area contributed by atoms with Crippen LogP contribution in [0.15, 0.2) is 42.7 Å². The monoisotopic (exact) mass is 560 g/mol. The number of aromatic nitrogens is 3. The zero-order chi connectivity index (χ0) is 28.3. The number of anilines is 1. The van der Waals surface area contributed by atoms with Gasteiger partial charge in [-0.25, -0.2) is 9.78 Å². The molecule has 3 aromatic rings. The molecule has 0 fully saturated rings. The van der Waals surface area contributed by atoms with Crippen LogP contribution in [0.2, 0.25) is 23.2 Å². The summed E-state index contributed by atoms with van der Waals surface area (Å²) in [5, 5.41) is 16.1. The van der Waals surface area contributed by atoms with Crippen molar-refractivity contribution in [2.75, 3.05) is 11.9 Å². The second-order valence-corrected chi connectivity index (χ2v) is 15.7. The number of amides is 1. The highest BCUT2D eigenvalue weighted by molar-refractivity contribution is 6.74. The van der Waals surface area contributed by atoms with Gasteiger partial charge in [-0.2, -0.15) is 5.10 Å². The summed E-state index contributed by atoms with van der Waals surface area (Å²) in [4.78, 5) is 28.2. The topological polar surface area (TPSA) is 125 Å². The highest BCUT2D eigenvalue weighted by atomic mass is 35.5. The first-order chi connectivity index (χ1) is 17.6. The van der Waals surface area contributed by atoms with Crippen molar-refractivity contribution >= 4 is 37.6 Å². The number of nitrogens with one attached hydrogen (secondary N) is 1. The van der Waals surface area contributed by atoms with E-state index in [2.05, 4.69) is 49.3 Å². The number of aromatic carboxylic acids is 1. The highest BCUT2D eigenvalue weighted by Gasteiger charge is 2.37. The fourth-order valence-electron chi connectivity index (χ4n) is 3.04. The smallest absolute Gasteiger partial charge is 0.337 e. The van der Waals surface area contributed by atoms with Gasteiger partial charge in [0.2, 0.25) is 5.88 Å². The van der Waals surface area contributed by atoms with Crippen molar-refractivity contribution in [1.82, 2.24) is 14.8 Å². The number of hydrogen-bond donors (Lipinski definition) is 2. The Bertz CT molecular complexity index is 1320. The first kappa shape index (κ1) is 29.1. The summed E-state index contributed by atoms with van der Waals surface area (Å²) in [6.45, 7) is 13.1. The Balaban J connectivity index is 1.86. The molecule has 2 heterocycles. The molecule has 2 aromatic heterocycles. The van der Waals surface area contributed by atoms with Crippen molar-refractivity contribution in [1.29, 1.82) is 0 Å². The summed E-state index contributed by atoms with van der Waals surface area (Å²) in [7, 11) is -0.233. The van der Waals surface area contributed by atoms with Crippen LogP contribution >= 0.6 is 11.6 Å². The summed E-state index contributed by atoms with van der Waals surface area (Å²) >= 11 is 6.20. The average Bonchev–Trinajstić information content (AvgIpc) is 3.22. The van der Waals surface area contributed by atoms with Gasteiger partial charge >= 0.3 is 5.97 Å². The molecule has 1 aromatic carbocycles. The normalized spacial score (nSPS) is 12.6. The Morgan fingerprint density at radius 2 is 1.84 bits per heavy atom. The number of carbonyl (C=O) groups is 2. The van der Waals surface area contributed by atoms with Gasteiger partial charge in [-0.3, -0.25) is 9.48 Å². The number of rotatable bonds is 10. The summed E-state index contributed by atoms with van der Waals surface area (Å²) in [5.41, 5.74) is 0.171. The molecule has 0 saturated carbocycles. The number of carboxylic acids is 1. The average molecular weight is 561 g/mol. The summed E-state index contributed by atoms with van der Waals surface area (Å²) in [6, 6.07) is 7.61. The number of benzene rings is 1. The number of carboxylic acid groups (broad SMARTS) is 1. The lowest BCUT2D eigenvalue weighted by atomic mass is 10.2. The lowest BCUT2D eigenvalue weighted by Gasteiger charge is -2.36. The molecule has 0 aliphatic rings. The summed E-state index contributed by atoms with van der Waals surface area (Å²) in [6.07, 6.45) is 2.53. The second-order valence-electron chi connectivity index (χ2n) is 10.4. The van der Waals surface area contributed by atoms with E-state index in [4.69, 9.17) is 30.6 Å². The molecule has 2 N–H and O–H groups in total. The fourth-order valence-corrected chi connectivity index (χ4v) is 4.33. The van der Waals surface area contributed by atoms with E-state index in [1.807, 2.05) is 6.92 Å². The van der Waals surface area contributed by atoms with Crippen LogP contribution in [0.4, 0.5) is 5.82 Å². The Labute approximate surface area is 228 Å². The molecule has 38 heavy (non-hydrogen) atoms. The maximum absolute atomic E-state index is 13.0. The van der Waals surface area contributed by atoms with Gasteiger partial charge in [0, 0.05) is 37.1 Å². The van der Waals surface area contributed by atoms with Crippen LogP contribution in [0.3, 0.4) is 0 Å². The van der Waals surface area contributed by atoms with E-state index in [-0.39, 0.29) is 38.9 Å². The van der Waals surface area contributed by atoms with Crippen molar-refractivity contribution in [3.63, 3.8) is 0 Å². The second kappa shape index (κ2) is 11.5. The SMILES string of the molecule is CC(CO[Si](C)(C)C(C)(C)C)Oc1cc(Oc2ncc(C(=O)O)cc2Cl)cc(C(=O)Nc2ccn(C)n2)c1. The van der Waals surface area contributed by atoms with Gasteiger partial charge < -0.3 is 24.3 Å². The molecule has 0 saturated heterocycles. The van der Waals surface area contributed by atoms with Crippen molar-refractivity contribution < 1.29 is 28.6 Å². The van der Waals surface area contributed by atoms with Crippen LogP contribution in [0.1, 0.15) is 48.4 Å². The fraction of sp³-hybridized carbons (Fsp3) is 0.385. The van der Waals surface area contributed by atoms with Gasteiger partial charge in [-0.05, 0) is 43.3 Å². The molecule has 0 aliphatic carbocycles. The molecule has 1 atom stereocenters. The number of ether oxygens (including phenoxy) is 2. The van der Waals surface area contributed by atoms with Gasteiger partial charge in [0.25, 0.3) is 5.91 Å². The quantitative estimate of drug-likeness (QED) is 0.289. The van der Waals surface area contributed by atoms with Crippen molar-refractivity contribution in [2.45, 2.75) is 51.9 Å². The molecular weight excluding hydrogens is 528 g/mol. The van der Waals surface area contributed by atoms with E-state index in [9.17, 15) is 9.59 Å². The number of carbonyl (C=O) groups excluding carboxylic acids is 1. The zero-order valence-electron chi connectivity index (χ0n) is 22.5. The molecule has 12 heteroatoms. The van der Waals surface area contributed by atoms with Crippen LogP contribution in [0, 0.1) is 0 Å². The molecule has 1 unspecified atom stereocenters. The van der Waals surface area contributed by atoms with Gasteiger partial charge in [0.05, 0.1) is 12.2 Å². The lowest BCUT2D eigenvalue weighted by Crippen LogP contribution is -2.43. The Morgan fingerprint density at radius 3 is 2.42 bits per heavy atom. The van der Waals surface area contributed by atoms with E-state index in [1.54, 1.807) is 36.1 Å². The van der Waals surface area contributed by atoms with Crippen LogP contribution in [0.25, 0.3) is 0 Å². The van der Waals surface area contributed by atoms with Gasteiger partial charge in [0.15, 0.2) is 14.1 Å². The van der Waals surface area contributed by atoms with E-state index in [1.165, 1.54) is 12.1 Å². The predicted octanol–water partition coefficient (Wildman–Crippen LogP) is 6.00. The first-order valence-corrected chi connectivity index (χ1v) is 15.3. The van der Waals surface area contributed by atoms with E-state index in [0.29, 0.717) is 18.2 Å². The summed E-state index contributed by atoms with van der Waals surface area (Å²) < 4.78 is 19.8. The number of halogens is 1. The van der Waals surface area contributed by atoms with Crippen molar-refractivity contribution in [2.24, 2.45) is 7.05 Å². The standard InChI is InChI=1S/C26H33ClN4O6Si/c1-16(15-35-38(6,7)26(2,3)4)36-19-10-17(23(32)29-22-8-9-31(5)30-22)11-20(13-19)37-24-21(27)12-18(14-28-24)25(33)34/h8-14,16H,15H2,1-7H3,(H,33,34)(H,29,30,32).